The van der Waals surface area contributed by atoms with E-state index in [0.717, 1.165) is 25.4 Å². The summed E-state index contributed by atoms with van der Waals surface area (Å²) in [6.45, 7) is 6.49. The average Bonchev–Trinajstić information content (AvgIpc) is 2.54. The Balaban J connectivity index is 2.07. The molecule has 0 heterocycles. The number of nitriles is 1. The van der Waals surface area contributed by atoms with Crippen LogP contribution in [0.25, 0.3) is 0 Å². The molecule has 1 fully saturated rings. The van der Waals surface area contributed by atoms with Crippen LogP contribution in [-0.2, 0) is 6.54 Å². The highest BCUT2D eigenvalue weighted by molar-refractivity contribution is 5.15. The van der Waals surface area contributed by atoms with Crippen molar-refractivity contribution in [3.63, 3.8) is 0 Å². The molecule has 0 spiro atoms. The second-order valence-corrected chi connectivity index (χ2v) is 6.32. The zero-order chi connectivity index (χ0) is 15.1. The summed E-state index contributed by atoms with van der Waals surface area (Å²) >= 11 is 0. The lowest BCUT2D eigenvalue weighted by molar-refractivity contribution is 0.0963. The molecule has 1 saturated carbocycles. The molecule has 0 aliphatic heterocycles. The van der Waals surface area contributed by atoms with Crippen LogP contribution in [0.2, 0.25) is 0 Å². The fourth-order valence-corrected chi connectivity index (χ4v) is 3.74. The second kappa shape index (κ2) is 8.20. The van der Waals surface area contributed by atoms with Gasteiger partial charge in [0, 0.05) is 12.6 Å². The van der Waals surface area contributed by atoms with Gasteiger partial charge in [0.25, 0.3) is 0 Å². The van der Waals surface area contributed by atoms with Crippen molar-refractivity contribution < 1.29 is 0 Å². The average molecular weight is 284 g/mol. The van der Waals surface area contributed by atoms with Crippen molar-refractivity contribution in [3.8, 4) is 6.07 Å². The Morgan fingerprint density at radius 2 is 1.95 bits per heavy atom. The van der Waals surface area contributed by atoms with Crippen LogP contribution < -0.4 is 0 Å². The normalized spacial score (nSPS) is 25.7. The van der Waals surface area contributed by atoms with Gasteiger partial charge in [-0.3, -0.25) is 4.90 Å². The molecule has 0 bridgehead atoms. The maximum Gasteiger partial charge on any atom is 0.0672 e. The molecular weight excluding hydrogens is 256 g/mol. The topological polar surface area (TPSA) is 27.0 Å². The van der Waals surface area contributed by atoms with E-state index in [0.29, 0.717) is 6.04 Å². The predicted octanol–water partition coefficient (Wildman–Crippen LogP) is 4.62. The van der Waals surface area contributed by atoms with E-state index in [2.05, 4.69) is 55.1 Å². The Hall–Kier alpha value is -1.33. The Morgan fingerprint density at radius 3 is 2.57 bits per heavy atom. The van der Waals surface area contributed by atoms with Crippen molar-refractivity contribution in [1.82, 2.24) is 4.90 Å². The van der Waals surface area contributed by atoms with E-state index in [1.54, 1.807) is 0 Å². The quantitative estimate of drug-likeness (QED) is 0.762. The Morgan fingerprint density at radius 1 is 1.19 bits per heavy atom. The Kier molecular flexibility index (Phi) is 6.26. The molecule has 1 aliphatic carbocycles. The minimum absolute atomic E-state index is 0.210. The molecule has 3 atom stereocenters. The summed E-state index contributed by atoms with van der Waals surface area (Å²) in [6, 6.07) is 13.7. The van der Waals surface area contributed by atoms with Gasteiger partial charge in [0.05, 0.1) is 12.0 Å². The van der Waals surface area contributed by atoms with Crippen LogP contribution >= 0.6 is 0 Å². The van der Waals surface area contributed by atoms with Gasteiger partial charge < -0.3 is 0 Å². The zero-order valence-corrected chi connectivity index (χ0v) is 13.5. The van der Waals surface area contributed by atoms with Crippen LogP contribution in [-0.4, -0.2) is 17.5 Å². The molecule has 2 heteroatoms. The first kappa shape index (κ1) is 16.0. The highest BCUT2D eigenvalue weighted by atomic mass is 15.2. The van der Waals surface area contributed by atoms with Gasteiger partial charge in [-0.1, -0.05) is 57.0 Å². The van der Waals surface area contributed by atoms with Gasteiger partial charge in [0.2, 0.25) is 0 Å². The fraction of sp³-hybridized carbons (Fsp3) is 0.632. The molecule has 2 rings (SSSR count). The lowest BCUT2D eigenvalue weighted by atomic mass is 9.76. The Labute approximate surface area is 129 Å². The number of rotatable bonds is 6. The monoisotopic (exact) mass is 284 g/mol. The maximum absolute atomic E-state index is 9.51. The van der Waals surface area contributed by atoms with E-state index in [4.69, 9.17) is 0 Å². The third kappa shape index (κ3) is 4.32. The number of benzene rings is 1. The summed E-state index contributed by atoms with van der Waals surface area (Å²) in [5.74, 6) is 1.02. The van der Waals surface area contributed by atoms with Crippen molar-refractivity contribution in [2.24, 2.45) is 11.8 Å². The minimum Gasteiger partial charge on any atom is -0.295 e. The standard InChI is InChI=1S/C19H28N2/c1-3-8-16-11-12-18(14-20)19(13-16)21(4-2)15-17-9-6-5-7-10-17/h5-7,9-10,16,18-19H,3-4,8,11-13,15H2,1-2H3. The second-order valence-electron chi connectivity index (χ2n) is 6.32. The number of hydrogen-bond acceptors (Lipinski definition) is 2. The van der Waals surface area contributed by atoms with Crippen LogP contribution in [0.5, 0.6) is 0 Å². The largest absolute Gasteiger partial charge is 0.295 e. The van der Waals surface area contributed by atoms with Gasteiger partial charge in [-0.2, -0.15) is 5.26 Å². The zero-order valence-electron chi connectivity index (χ0n) is 13.5. The third-order valence-electron chi connectivity index (χ3n) is 4.89. The van der Waals surface area contributed by atoms with E-state index in [-0.39, 0.29) is 5.92 Å². The summed E-state index contributed by atoms with van der Waals surface area (Å²) in [4.78, 5) is 2.52. The molecule has 114 valence electrons. The SMILES string of the molecule is CCCC1CCC(C#N)C(N(CC)Cc2ccccc2)C1. The first-order chi connectivity index (χ1) is 10.3. The van der Waals surface area contributed by atoms with E-state index < -0.39 is 0 Å². The van der Waals surface area contributed by atoms with Gasteiger partial charge >= 0.3 is 0 Å². The van der Waals surface area contributed by atoms with Crippen molar-refractivity contribution in [3.05, 3.63) is 35.9 Å². The van der Waals surface area contributed by atoms with Gasteiger partial charge in [0.15, 0.2) is 0 Å². The summed E-state index contributed by atoms with van der Waals surface area (Å²) in [5.41, 5.74) is 1.36. The third-order valence-corrected chi connectivity index (χ3v) is 4.89. The van der Waals surface area contributed by atoms with Crippen molar-refractivity contribution in [2.45, 2.75) is 58.5 Å². The van der Waals surface area contributed by atoms with Gasteiger partial charge in [0.1, 0.15) is 0 Å². The summed E-state index contributed by atoms with van der Waals surface area (Å²) < 4.78 is 0. The van der Waals surface area contributed by atoms with Gasteiger partial charge in [-0.05, 0) is 37.3 Å². The molecule has 0 radical (unpaired) electrons. The van der Waals surface area contributed by atoms with Crippen LogP contribution in [0.1, 0.15) is 51.5 Å². The molecule has 0 aromatic heterocycles. The molecule has 3 unspecified atom stereocenters. The van der Waals surface area contributed by atoms with E-state index in [1.165, 1.54) is 31.2 Å². The maximum atomic E-state index is 9.51. The molecule has 1 aliphatic rings. The summed E-state index contributed by atoms with van der Waals surface area (Å²) in [6.07, 6.45) is 6.10. The molecule has 21 heavy (non-hydrogen) atoms. The van der Waals surface area contributed by atoms with Crippen molar-refractivity contribution in [2.75, 3.05) is 6.54 Å². The molecular formula is C19H28N2. The van der Waals surface area contributed by atoms with Crippen LogP contribution in [0.15, 0.2) is 30.3 Å². The van der Waals surface area contributed by atoms with E-state index >= 15 is 0 Å². The molecule has 2 nitrogen and oxygen atoms in total. The lowest BCUT2D eigenvalue weighted by Gasteiger charge is -2.40. The van der Waals surface area contributed by atoms with Crippen molar-refractivity contribution in [1.29, 1.82) is 5.26 Å². The lowest BCUT2D eigenvalue weighted by Crippen LogP contribution is -2.43. The Bertz CT molecular complexity index is 448. The van der Waals surface area contributed by atoms with Crippen LogP contribution in [0, 0.1) is 23.2 Å². The van der Waals surface area contributed by atoms with Crippen LogP contribution in [0.4, 0.5) is 0 Å². The first-order valence-corrected chi connectivity index (χ1v) is 8.46. The number of nitrogens with zero attached hydrogens (tertiary/aromatic N) is 2. The smallest absolute Gasteiger partial charge is 0.0672 e. The highest BCUT2D eigenvalue weighted by Crippen LogP contribution is 2.35. The van der Waals surface area contributed by atoms with E-state index in [1.807, 2.05) is 0 Å². The molecule has 0 N–H and O–H groups in total. The predicted molar refractivity (Wildman–Crippen MR) is 87.7 cm³/mol. The highest BCUT2D eigenvalue weighted by Gasteiger charge is 2.33. The molecule has 1 aromatic rings. The minimum atomic E-state index is 0.210. The van der Waals surface area contributed by atoms with Gasteiger partial charge in [-0.25, -0.2) is 0 Å². The van der Waals surface area contributed by atoms with Crippen LogP contribution in [0.3, 0.4) is 0 Å². The molecule has 1 aromatic carbocycles. The van der Waals surface area contributed by atoms with E-state index in [9.17, 15) is 5.26 Å². The molecule has 0 amide bonds. The van der Waals surface area contributed by atoms with Crippen molar-refractivity contribution >= 4 is 0 Å². The molecule has 0 saturated heterocycles. The first-order valence-electron chi connectivity index (χ1n) is 8.46. The fourth-order valence-electron chi connectivity index (χ4n) is 3.74. The summed E-state index contributed by atoms with van der Waals surface area (Å²) in [5, 5.41) is 9.51. The summed E-state index contributed by atoms with van der Waals surface area (Å²) in [7, 11) is 0. The number of hydrogen-bond donors (Lipinski definition) is 0. The van der Waals surface area contributed by atoms with Gasteiger partial charge in [-0.15, -0.1) is 0 Å².